The lowest BCUT2D eigenvalue weighted by atomic mass is 10.2. The highest BCUT2D eigenvalue weighted by Crippen LogP contribution is 2.20. The SMILES string of the molecule is O=C(NCc1nnc2n1CCC2)c1ccc2nc(-c3ccc(F)cc3)cn2c1. The Morgan fingerprint density at radius 3 is 2.82 bits per heavy atom. The Hall–Kier alpha value is -3.55. The van der Waals surface area contributed by atoms with E-state index in [2.05, 4.69) is 25.1 Å². The molecule has 0 fully saturated rings. The Morgan fingerprint density at radius 2 is 1.96 bits per heavy atom. The standard InChI is InChI=1S/C20H17FN6O/c21-15-6-3-13(4-7-15)16-12-26-11-14(5-8-17(26)23-16)20(28)22-10-19-25-24-18-2-1-9-27(18)19/h3-8,11-12H,1-2,9-10H2,(H,22,28). The predicted octanol–water partition coefficient (Wildman–Crippen LogP) is 2.61. The molecule has 0 aliphatic carbocycles. The monoisotopic (exact) mass is 376 g/mol. The van der Waals surface area contributed by atoms with Gasteiger partial charge in [0.2, 0.25) is 0 Å². The number of hydrogen-bond donors (Lipinski definition) is 1. The Balaban J connectivity index is 1.35. The molecule has 3 aromatic heterocycles. The Morgan fingerprint density at radius 1 is 1.11 bits per heavy atom. The van der Waals surface area contributed by atoms with Gasteiger partial charge in [0.05, 0.1) is 17.8 Å². The second-order valence-corrected chi connectivity index (χ2v) is 6.79. The van der Waals surface area contributed by atoms with Crippen LogP contribution >= 0.6 is 0 Å². The first kappa shape index (κ1) is 16.6. The number of rotatable bonds is 4. The molecular formula is C20H17FN6O. The van der Waals surface area contributed by atoms with E-state index >= 15 is 0 Å². The van der Waals surface area contributed by atoms with Crippen LogP contribution in [0.5, 0.6) is 0 Å². The van der Waals surface area contributed by atoms with Gasteiger partial charge in [-0.3, -0.25) is 4.79 Å². The maximum Gasteiger partial charge on any atom is 0.253 e. The lowest BCUT2D eigenvalue weighted by Crippen LogP contribution is -2.25. The van der Waals surface area contributed by atoms with E-state index in [0.717, 1.165) is 42.3 Å². The summed E-state index contributed by atoms with van der Waals surface area (Å²) < 4.78 is 17.0. The molecule has 28 heavy (non-hydrogen) atoms. The van der Waals surface area contributed by atoms with Crippen molar-refractivity contribution in [1.82, 2.24) is 29.5 Å². The summed E-state index contributed by atoms with van der Waals surface area (Å²) in [6.45, 7) is 1.25. The zero-order chi connectivity index (χ0) is 19.1. The van der Waals surface area contributed by atoms with Gasteiger partial charge in [-0.2, -0.15) is 0 Å². The van der Waals surface area contributed by atoms with Crippen molar-refractivity contribution in [1.29, 1.82) is 0 Å². The van der Waals surface area contributed by atoms with Gasteiger partial charge < -0.3 is 14.3 Å². The number of nitrogens with one attached hydrogen (secondary N) is 1. The van der Waals surface area contributed by atoms with E-state index < -0.39 is 0 Å². The molecular weight excluding hydrogens is 359 g/mol. The van der Waals surface area contributed by atoms with E-state index in [-0.39, 0.29) is 11.7 Å². The lowest BCUT2D eigenvalue weighted by Gasteiger charge is -2.06. The first-order chi connectivity index (χ1) is 13.7. The van der Waals surface area contributed by atoms with Gasteiger partial charge >= 0.3 is 0 Å². The lowest BCUT2D eigenvalue weighted by molar-refractivity contribution is 0.0949. The van der Waals surface area contributed by atoms with Crippen LogP contribution in [0.15, 0.2) is 48.8 Å². The molecule has 0 bridgehead atoms. The van der Waals surface area contributed by atoms with Crippen LogP contribution in [0.3, 0.4) is 0 Å². The number of aryl methyl sites for hydroxylation is 1. The summed E-state index contributed by atoms with van der Waals surface area (Å²) in [4.78, 5) is 17.1. The van der Waals surface area contributed by atoms with Crippen LogP contribution in [-0.2, 0) is 19.5 Å². The molecule has 4 aromatic rings. The average Bonchev–Trinajstić information content (AvgIpc) is 3.42. The molecule has 0 saturated heterocycles. The zero-order valence-electron chi connectivity index (χ0n) is 15.0. The zero-order valence-corrected chi connectivity index (χ0v) is 15.0. The highest BCUT2D eigenvalue weighted by Gasteiger charge is 2.18. The normalized spacial score (nSPS) is 13.0. The van der Waals surface area contributed by atoms with Crippen molar-refractivity contribution in [2.24, 2.45) is 0 Å². The fourth-order valence-corrected chi connectivity index (χ4v) is 3.49. The summed E-state index contributed by atoms with van der Waals surface area (Å²) >= 11 is 0. The third kappa shape index (κ3) is 2.92. The minimum atomic E-state index is -0.287. The molecule has 0 atom stereocenters. The molecule has 1 N–H and O–H groups in total. The number of pyridine rings is 1. The van der Waals surface area contributed by atoms with E-state index in [9.17, 15) is 9.18 Å². The molecule has 1 aliphatic heterocycles. The molecule has 7 nitrogen and oxygen atoms in total. The van der Waals surface area contributed by atoms with Crippen LogP contribution in [0.1, 0.15) is 28.4 Å². The number of aromatic nitrogens is 5. The number of carbonyl (C=O) groups excluding carboxylic acids is 1. The first-order valence-corrected chi connectivity index (χ1v) is 9.11. The van der Waals surface area contributed by atoms with Crippen molar-refractivity contribution >= 4 is 11.6 Å². The summed E-state index contributed by atoms with van der Waals surface area (Å²) in [5, 5.41) is 11.2. The van der Waals surface area contributed by atoms with Gasteiger partial charge in [-0.1, -0.05) is 0 Å². The first-order valence-electron chi connectivity index (χ1n) is 9.11. The number of amides is 1. The molecule has 1 aliphatic rings. The molecule has 0 spiro atoms. The van der Waals surface area contributed by atoms with E-state index in [1.54, 1.807) is 34.9 Å². The fraction of sp³-hybridized carbons (Fsp3) is 0.200. The van der Waals surface area contributed by atoms with Crippen LogP contribution in [0.4, 0.5) is 4.39 Å². The fourth-order valence-electron chi connectivity index (χ4n) is 3.49. The van der Waals surface area contributed by atoms with Gasteiger partial charge in [0, 0.05) is 30.9 Å². The molecule has 1 aromatic carbocycles. The summed E-state index contributed by atoms with van der Waals surface area (Å²) in [6.07, 6.45) is 5.57. The Labute approximate surface area is 159 Å². The van der Waals surface area contributed by atoms with Gasteiger partial charge in [0.15, 0.2) is 5.82 Å². The van der Waals surface area contributed by atoms with E-state index in [4.69, 9.17) is 0 Å². The van der Waals surface area contributed by atoms with E-state index in [1.165, 1.54) is 12.1 Å². The van der Waals surface area contributed by atoms with Crippen LogP contribution in [0.25, 0.3) is 16.9 Å². The van der Waals surface area contributed by atoms with Crippen LogP contribution < -0.4 is 5.32 Å². The molecule has 0 saturated carbocycles. The molecule has 0 unspecified atom stereocenters. The number of halogens is 1. The van der Waals surface area contributed by atoms with Crippen molar-refractivity contribution in [3.63, 3.8) is 0 Å². The molecule has 1 amide bonds. The minimum Gasteiger partial charge on any atom is -0.345 e. The van der Waals surface area contributed by atoms with Crippen molar-refractivity contribution in [3.8, 4) is 11.3 Å². The largest absolute Gasteiger partial charge is 0.345 e. The summed E-state index contributed by atoms with van der Waals surface area (Å²) in [7, 11) is 0. The van der Waals surface area contributed by atoms with E-state index in [1.807, 2.05) is 6.20 Å². The molecule has 8 heteroatoms. The minimum absolute atomic E-state index is 0.186. The Bertz CT molecular complexity index is 1180. The van der Waals surface area contributed by atoms with Gasteiger partial charge in [-0.05, 0) is 42.8 Å². The van der Waals surface area contributed by atoms with Crippen LogP contribution in [0, 0.1) is 5.82 Å². The van der Waals surface area contributed by atoms with Gasteiger partial charge in [-0.15, -0.1) is 10.2 Å². The molecule has 5 rings (SSSR count). The third-order valence-electron chi connectivity index (χ3n) is 4.95. The maximum atomic E-state index is 13.1. The highest BCUT2D eigenvalue weighted by molar-refractivity contribution is 5.94. The summed E-state index contributed by atoms with van der Waals surface area (Å²) in [5.41, 5.74) is 2.77. The smallest absolute Gasteiger partial charge is 0.253 e. The Kier molecular flexibility index (Phi) is 3.89. The van der Waals surface area contributed by atoms with Crippen molar-refractivity contribution < 1.29 is 9.18 Å². The number of imidazole rings is 1. The third-order valence-corrected chi connectivity index (χ3v) is 4.95. The second-order valence-electron chi connectivity index (χ2n) is 6.79. The highest BCUT2D eigenvalue weighted by atomic mass is 19.1. The van der Waals surface area contributed by atoms with Crippen molar-refractivity contribution in [2.75, 3.05) is 0 Å². The van der Waals surface area contributed by atoms with Crippen LogP contribution in [0.2, 0.25) is 0 Å². The number of nitrogens with zero attached hydrogens (tertiary/aromatic N) is 5. The summed E-state index contributed by atoms with van der Waals surface area (Å²) in [5.74, 6) is 1.29. The maximum absolute atomic E-state index is 13.1. The number of benzene rings is 1. The quantitative estimate of drug-likeness (QED) is 0.594. The predicted molar refractivity (Wildman–Crippen MR) is 100 cm³/mol. The van der Waals surface area contributed by atoms with Gasteiger partial charge in [-0.25, -0.2) is 9.37 Å². The topological polar surface area (TPSA) is 77.1 Å². The van der Waals surface area contributed by atoms with E-state index in [0.29, 0.717) is 17.8 Å². The summed E-state index contributed by atoms with van der Waals surface area (Å²) in [6, 6.07) is 9.69. The number of carbonyl (C=O) groups is 1. The average molecular weight is 376 g/mol. The second kappa shape index (κ2) is 6.56. The van der Waals surface area contributed by atoms with Gasteiger partial charge in [0.25, 0.3) is 5.91 Å². The molecule has 4 heterocycles. The number of fused-ring (bicyclic) bond motifs is 2. The van der Waals surface area contributed by atoms with Crippen molar-refractivity contribution in [2.45, 2.75) is 25.9 Å². The molecule has 0 radical (unpaired) electrons. The van der Waals surface area contributed by atoms with Gasteiger partial charge in [0.1, 0.15) is 17.3 Å². The molecule has 140 valence electrons. The van der Waals surface area contributed by atoms with Crippen LogP contribution in [-0.4, -0.2) is 30.1 Å². The van der Waals surface area contributed by atoms with Crippen molar-refractivity contribution in [3.05, 3.63) is 71.8 Å². The number of hydrogen-bond acceptors (Lipinski definition) is 4.